The smallest absolute Gasteiger partial charge is 0.339 e. The molecule has 34 heavy (non-hydrogen) atoms. The highest BCUT2D eigenvalue weighted by Gasteiger charge is 2.35. The Morgan fingerprint density at radius 1 is 0.971 bits per heavy atom. The zero-order chi connectivity index (χ0) is 23.9. The van der Waals surface area contributed by atoms with Crippen LogP contribution in [0.25, 0.3) is 0 Å². The first kappa shape index (κ1) is 23.5. The molecule has 2 saturated carbocycles. The van der Waals surface area contributed by atoms with Crippen molar-refractivity contribution in [1.29, 1.82) is 0 Å². The Labute approximate surface area is 202 Å². The van der Waals surface area contributed by atoms with Gasteiger partial charge < -0.3 is 18.9 Å². The van der Waals surface area contributed by atoms with Crippen LogP contribution in [-0.4, -0.2) is 51.0 Å². The van der Waals surface area contributed by atoms with Gasteiger partial charge >= 0.3 is 10.1 Å². The maximum Gasteiger partial charge on any atom is 0.339 e. The number of hydrogen-bond donors (Lipinski definition) is 1. The van der Waals surface area contributed by atoms with Crippen LogP contribution in [0.4, 0.5) is 5.69 Å². The summed E-state index contributed by atoms with van der Waals surface area (Å²) in [4.78, 5) is 3.80. The van der Waals surface area contributed by atoms with E-state index in [1.54, 1.807) is 18.2 Å². The van der Waals surface area contributed by atoms with Gasteiger partial charge in [-0.1, -0.05) is 6.92 Å². The summed E-state index contributed by atoms with van der Waals surface area (Å²) in [5, 5.41) is 10.4. The first-order valence-corrected chi connectivity index (χ1v) is 13.7. The fraction of sp³-hybridized carbons (Fsp3) is 0.538. The van der Waals surface area contributed by atoms with Gasteiger partial charge in [0.2, 0.25) is 0 Å². The Hall–Kier alpha value is -2.29. The minimum atomic E-state index is -4.01. The molecule has 2 aliphatic carbocycles. The third kappa shape index (κ3) is 5.04. The van der Waals surface area contributed by atoms with Crippen molar-refractivity contribution in [2.24, 2.45) is 5.92 Å². The summed E-state index contributed by atoms with van der Waals surface area (Å²) in [7, 11) is -2.15. The van der Waals surface area contributed by atoms with Gasteiger partial charge in [-0.05, 0) is 99.4 Å². The maximum absolute atomic E-state index is 13.1. The van der Waals surface area contributed by atoms with Gasteiger partial charge in [-0.15, -0.1) is 0 Å². The van der Waals surface area contributed by atoms with Crippen molar-refractivity contribution >= 4 is 15.8 Å². The highest BCUT2D eigenvalue weighted by molar-refractivity contribution is 7.87. The molecule has 1 heterocycles. The van der Waals surface area contributed by atoms with Crippen molar-refractivity contribution in [1.82, 2.24) is 4.90 Å². The zero-order valence-electron chi connectivity index (χ0n) is 19.9. The average molecular weight is 487 g/mol. The lowest BCUT2D eigenvalue weighted by atomic mass is 10.1. The van der Waals surface area contributed by atoms with Crippen LogP contribution in [0.15, 0.2) is 47.4 Å². The molecule has 0 amide bonds. The molecule has 1 saturated heterocycles. The van der Waals surface area contributed by atoms with Crippen LogP contribution in [0, 0.1) is 5.92 Å². The third-order valence-corrected chi connectivity index (χ3v) is 8.55. The molecule has 8 heteroatoms. The molecule has 1 N–H and O–H groups in total. The van der Waals surface area contributed by atoms with Crippen molar-refractivity contribution < 1.29 is 22.4 Å². The summed E-state index contributed by atoms with van der Waals surface area (Å²) in [6.45, 7) is 3.73. The standard InChI is InChI=1S/C26H34N2O5S/c1-18-14-25(18)19-15-22(32-21-6-3-4-7-21)17-23(16-19)33-34(30,31)24-10-8-20(9-11-24)28-13-5-12-27(2)26(28)29/h8-11,15-18,21,25-26,29H,3-7,12-14H2,1-2H3/t18?,25?,26-/m0/s1. The first-order chi connectivity index (χ1) is 16.3. The number of aliphatic hydroxyl groups excluding tert-OH is 1. The maximum atomic E-state index is 13.1. The van der Waals surface area contributed by atoms with E-state index in [9.17, 15) is 13.5 Å². The van der Waals surface area contributed by atoms with E-state index in [2.05, 4.69) is 6.92 Å². The Bertz CT molecular complexity index is 1110. The number of ether oxygens (including phenoxy) is 1. The van der Waals surface area contributed by atoms with Gasteiger partial charge in [-0.2, -0.15) is 8.42 Å². The van der Waals surface area contributed by atoms with Crippen LogP contribution in [0.2, 0.25) is 0 Å². The third-order valence-electron chi connectivity index (χ3n) is 7.29. The van der Waals surface area contributed by atoms with Crippen molar-refractivity contribution in [2.45, 2.75) is 68.7 Å². The van der Waals surface area contributed by atoms with Crippen LogP contribution >= 0.6 is 0 Å². The number of hydrogen-bond acceptors (Lipinski definition) is 7. The molecule has 2 unspecified atom stereocenters. The predicted molar refractivity (Wildman–Crippen MR) is 131 cm³/mol. The Balaban J connectivity index is 1.35. The molecular formula is C26H34N2O5S. The quantitative estimate of drug-likeness (QED) is 0.584. The lowest BCUT2D eigenvalue weighted by Gasteiger charge is -2.40. The minimum absolute atomic E-state index is 0.0829. The number of nitrogens with zero attached hydrogens (tertiary/aromatic N) is 2. The molecule has 5 rings (SSSR count). The van der Waals surface area contributed by atoms with Gasteiger partial charge in [0.15, 0.2) is 6.35 Å². The van der Waals surface area contributed by atoms with Crippen LogP contribution in [0.3, 0.4) is 0 Å². The monoisotopic (exact) mass is 486 g/mol. The number of benzene rings is 2. The number of anilines is 1. The van der Waals surface area contributed by atoms with E-state index in [-0.39, 0.29) is 11.0 Å². The molecule has 2 aromatic carbocycles. The van der Waals surface area contributed by atoms with Crippen molar-refractivity contribution in [3.05, 3.63) is 48.0 Å². The molecule has 184 valence electrons. The lowest BCUT2D eigenvalue weighted by Crippen LogP contribution is -2.52. The second-order valence-corrected chi connectivity index (χ2v) is 11.5. The Morgan fingerprint density at radius 3 is 2.32 bits per heavy atom. The van der Waals surface area contributed by atoms with Gasteiger partial charge in [-0.25, -0.2) is 0 Å². The van der Waals surface area contributed by atoms with E-state index in [0.717, 1.165) is 43.5 Å². The average Bonchev–Trinajstić information content (AvgIpc) is 3.32. The SMILES string of the molecule is CC1CC1c1cc(OC2CCCC2)cc(OS(=O)(=O)c2ccc(N3CCCN(C)[C@@H]3O)cc2)c1. The van der Waals surface area contributed by atoms with Crippen LogP contribution in [0.5, 0.6) is 11.5 Å². The van der Waals surface area contributed by atoms with Crippen molar-refractivity contribution in [2.75, 3.05) is 25.0 Å². The topological polar surface area (TPSA) is 79.3 Å². The normalized spacial score (nSPS) is 26.0. The van der Waals surface area contributed by atoms with E-state index < -0.39 is 16.5 Å². The molecule has 3 aliphatic rings. The molecule has 7 nitrogen and oxygen atoms in total. The van der Waals surface area contributed by atoms with Crippen LogP contribution in [-0.2, 0) is 10.1 Å². The Morgan fingerprint density at radius 2 is 1.65 bits per heavy atom. The minimum Gasteiger partial charge on any atom is -0.490 e. The van der Waals surface area contributed by atoms with E-state index in [1.165, 1.54) is 25.0 Å². The van der Waals surface area contributed by atoms with Gasteiger partial charge in [0.05, 0.1) is 6.10 Å². The van der Waals surface area contributed by atoms with E-state index in [4.69, 9.17) is 8.92 Å². The lowest BCUT2D eigenvalue weighted by molar-refractivity contribution is 0.00279. The molecule has 0 bridgehead atoms. The fourth-order valence-corrected chi connectivity index (χ4v) is 6.03. The molecular weight excluding hydrogens is 452 g/mol. The highest BCUT2D eigenvalue weighted by atomic mass is 32.2. The summed E-state index contributed by atoms with van der Waals surface area (Å²) in [6.07, 6.45) is 5.89. The van der Waals surface area contributed by atoms with Gasteiger partial charge in [0.25, 0.3) is 0 Å². The van der Waals surface area contributed by atoms with E-state index >= 15 is 0 Å². The van der Waals surface area contributed by atoms with E-state index in [0.29, 0.717) is 29.9 Å². The zero-order valence-corrected chi connectivity index (χ0v) is 20.7. The fourth-order valence-electron chi connectivity index (χ4n) is 5.11. The van der Waals surface area contributed by atoms with Gasteiger partial charge in [0, 0.05) is 24.8 Å². The molecule has 3 atom stereocenters. The summed E-state index contributed by atoms with van der Waals surface area (Å²) in [6, 6.07) is 12.1. The summed E-state index contributed by atoms with van der Waals surface area (Å²) >= 11 is 0. The highest BCUT2D eigenvalue weighted by Crippen LogP contribution is 2.48. The molecule has 0 radical (unpaired) electrons. The molecule has 0 spiro atoms. The number of aliphatic hydroxyl groups is 1. The largest absolute Gasteiger partial charge is 0.490 e. The molecule has 3 fully saturated rings. The summed E-state index contributed by atoms with van der Waals surface area (Å²) in [5.41, 5.74) is 1.85. The summed E-state index contributed by atoms with van der Waals surface area (Å²) in [5.74, 6) is 1.99. The van der Waals surface area contributed by atoms with Crippen molar-refractivity contribution in [3.63, 3.8) is 0 Å². The second-order valence-electron chi connectivity index (χ2n) is 9.99. The molecule has 2 aromatic rings. The van der Waals surface area contributed by atoms with Crippen LogP contribution in [0.1, 0.15) is 56.9 Å². The van der Waals surface area contributed by atoms with Crippen molar-refractivity contribution in [3.8, 4) is 11.5 Å². The van der Waals surface area contributed by atoms with E-state index in [1.807, 2.05) is 29.0 Å². The molecule has 1 aliphatic heterocycles. The number of rotatable bonds is 7. The Kier molecular flexibility index (Phi) is 6.48. The predicted octanol–water partition coefficient (Wildman–Crippen LogP) is 4.32. The first-order valence-electron chi connectivity index (χ1n) is 12.3. The van der Waals surface area contributed by atoms with Crippen LogP contribution < -0.4 is 13.8 Å². The summed E-state index contributed by atoms with van der Waals surface area (Å²) < 4.78 is 38.0. The van der Waals surface area contributed by atoms with Gasteiger partial charge in [-0.3, -0.25) is 4.90 Å². The second kappa shape index (κ2) is 9.40. The van der Waals surface area contributed by atoms with Gasteiger partial charge in [0.1, 0.15) is 16.4 Å². The molecule has 0 aromatic heterocycles.